The number of ketones is 1. The third-order valence-electron chi connectivity index (χ3n) is 1.99. The number of terminal acetylenes is 1. The maximum Gasteiger partial charge on any atom is 0.173 e. The lowest BCUT2D eigenvalue weighted by atomic mass is 10.1. The maximum atomic E-state index is 11.3. The summed E-state index contributed by atoms with van der Waals surface area (Å²) in [7, 11) is 0. The normalized spacial score (nSPS) is 18.3. The van der Waals surface area contributed by atoms with E-state index in [2.05, 4.69) is 5.92 Å². The van der Waals surface area contributed by atoms with Crippen LogP contribution in [0.2, 0.25) is 0 Å². The van der Waals surface area contributed by atoms with Gasteiger partial charge in [-0.2, -0.15) is 0 Å². The highest BCUT2D eigenvalue weighted by Crippen LogP contribution is 2.35. The molecule has 0 amide bonds. The number of Topliss-reactive ketones (excluding diaryl/α,β-unsaturated/α-hetero) is 1. The van der Waals surface area contributed by atoms with Crippen LogP contribution in [0.1, 0.15) is 26.2 Å². The molecule has 0 radical (unpaired) electrons. The van der Waals surface area contributed by atoms with E-state index in [-0.39, 0.29) is 18.3 Å². The molecule has 0 spiro atoms. The summed E-state index contributed by atoms with van der Waals surface area (Å²) in [6.45, 7) is 2.50. The first-order valence-electron chi connectivity index (χ1n) is 4.37. The Labute approximate surface area is 73.3 Å². The molecule has 0 heterocycles. The fourth-order valence-corrected chi connectivity index (χ4v) is 1.27. The fraction of sp³-hybridized carbons (Fsp3) is 0.700. The first-order chi connectivity index (χ1) is 5.79. The molecular weight excluding hydrogens is 152 g/mol. The molecule has 2 nitrogen and oxygen atoms in total. The van der Waals surface area contributed by atoms with Crippen molar-refractivity contribution < 1.29 is 9.53 Å². The minimum Gasteiger partial charge on any atom is -0.370 e. The second kappa shape index (κ2) is 4.27. The molecule has 0 aliphatic heterocycles. The van der Waals surface area contributed by atoms with Crippen LogP contribution < -0.4 is 0 Å². The van der Waals surface area contributed by atoms with Crippen LogP contribution >= 0.6 is 0 Å². The maximum absolute atomic E-state index is 11.3. The van der Waals surface area contributed by atoms with Gasteiger partial charge in [0.05, 0.1) is 6.42 Å². The fourth-order valence-electron chi connectivity index (χ4n) is 1.27. The molecule has 1 aliphatic carbocycles. The van der Waals surface area contributed by atoms with Gasteiger partial charge in [0.25, 0.3) is 0 Å². The van der Waals surface area contributed by atoms with Crippen molar-refractivity contribution >= 4 is 5.78 Å². The summed E-state index contributed by atoms with van der Waals surface area (Å²) >= 11 is 0. The minimum absolute atomic E-state index is 0.0712. The lowest BCUT2D eigenvalue weighted by Crippen LogP contribution is -2.26. The van der Waals surface area contributed by atoms with Crippen LogP contribution in [0.3, 0.4) is 0 Å². The summed E-state index contributed by atoms with van der Waals surface area (Å²) in [6.07, 6.45) is 7.27. The van der Waals surface area contributed by atoms with E-state index in [1.165, 1.54) is 0 Å². The van der Waals surface area contributed by atoms with E-state index in [4.69, 9.17) is 11.2 Å². The number of ether oxygens (including phenoxy) is 1. The van der Waals surface area contributed by atoms with E-state index in [9.17, 15) is 4.79 Å². The van der Waals surface area contributed by atoms with Crippen molar-refractivity contribution in [2.45, 2.75) is 32.3 Å². The summed E-state index contributed by atoms with van der Waals surface area (Å²) in [4.78, 5) is 11.3. The Balaban J connectivity index is 2.41. The summed E-state index contributed by atoms with van der Waals surface area (Å²) in [5.41, 5.74) is 0. The van der Waals surface area contributed by atoms with Gasteiger partial charge < -0.3 is 4.74 Å². The summed E-state index contributed by atoms with van der Waals surface area (Å²) in [5, 5.41) is 0. The Morgan fingerprint density at radius 1 is 1.75 bits per heavy atom. The number of hydrogen-bond donors (Lipinski definition) is 0. The first kappa shape index (κ1) is 9.28. The molecule has 1 fully saturated rings. The van der Waals surface area contributed by atoms with Crippen molar-refractivity contribution in [3.05, 3.63) is 0 Å². The molecule has 0 aromatic carbocycles. The molecule has 0 aromatic heterocycles. The standard InChI is InChI=1S/C10H14O2/c1-3-5-9(11)10(12-4-2)8-6-7-8/h1,8,10H,4-7H2,2H3. The van der Waals surface area contributed by atoms with E-state index in [1.54, 1.807) is 0 Å². The number of hydrogen-bond acceptors (Lipinski definition) is 2. The zero-order valence-corrected chi connectivity index (χ0v) is 7.38. The van der Waals surface area contributed by atoms with Gasteiger partial charge in [0.1, 0.15) is 6.10 Å². The van der Waals surface area contributed by atoms with Crippen LogP contribution in [0.5, 0.6) is 0 Å². The van der Waals surface area contributed by atoms with Crippen molar-refractivity contribution in [1.29, 1.82) is 0 Å². The van der Waals surface area contributed by atoms with Gasteiger partial charge in [-0.1, -0.05) is 5.92 Å². The quantitative estimate of drug-likeness (QED) is 0.577. The molecule has 1 rings (SSSR count). The van der Waals surface area contributed by atoms with Crippen molar-refractivity contribution in [3.63, 3.8) is 0 Å². The Hall–Kier alpha value is -0.810. The number of carbonyl (C=O) groups excluding carboxylic acids is 1. The molecule has 0 bridgehead atoms. The SMILES string of the molecule is C#CCC(=O)C(OCC)C1CC1. The molecule has 1 aliphatic rings. The molecule has 0 N–H and O–H groups in total. The van der Waals surface area contributed by atoms with Gasteiger partial charge in [0.2, 0.25) is 0 Å². The van der Waals surface area contributed by atoms with E-state index in [1.807, 2.05) is 6.92 Å². The van der Waals surface area contributed by atoms with E-state index < -0.39 is 0 Å². The topological polar surface area (TPSA) is 26.3 Å². The van der Waals surface area contributed by atoms with Crippen LogP contribution in [0, 0.1) is 18.3 Å². The van der Waals surface area contributed by atoms with Gasteiger partial charge in [0.15, 0.2) is 5.78 Å². The van der Waals surface area contributed by atoms with Crippen molar-refractivity contribution in [2.75, 3.05) is 6.61 Å². The molecule has 1 unspecified atom stereocenters. The predicted molar refractivity (Wildman–Crippen MR) is 46.6 cm³/mol. The highest BCUT2D eigenvalue weighted by Gasteiger charge is 2.35. The summed E-state index contributed by atoms with van der Waals surface area (Å²) in [6, 6.07) is 0. The molecule has 0 aromatic rings. The van der Waals surface area contributed by atoms with E-state index in [0.717, 1.165) is 12.8 Å². The molecule has 1 saturated carbocycles. The number of rotatable bonds is 5. The average Bonchev–Trinajstić information content (AvgIpc) is 2.83. The molecule has 1 atom stereocenters. The van der Waals surface area contributed by atoms with Gasteiger partial charge in [-0.3, -0.25) is 4.79 Å². The molecule has 0 saturated heterocycles. The Morgan fingerprint density at radius 3 is 2.83 bits per heavy atom. The van der Waals surface area contributed by atoms with Gasteiger partial charge in [0, 0.05) is 6.61 Å². The third kappa shape index (κ3) is 2.35. The molecule has 12 heavy (non-hydrogen) atoms. The zero-order chi connectivity index (χ0) is 8.97. The predicted octanol–water partition coefficient (Wildman–Crippen LogP) is 1.39. The van der Waals surface area contributed by atoms with Crippen LogP contribution in [0.15, 0.2) is 0 Å². The van der Waals surface area contributed by atoms with Gasteiger partial charge >= 0.3 is 0 Å². The first-order valence-corrected chi connectivity index (χ1v) is 4.37. The van der Waals surface area contributed by atoms with Crippen LogP contribution in [0.4, 0.5) is 0 Å². The Kier molecular flexibility index (Phi) is 3.31. The van der Waals surface area contributed by atoms with Crippen molar-refractivity contribution in [2.24, 2.45) is 5.92 Å². The molecule has 66 valence electrons. The van der Waals surface area contributed by atoms with E-state index in [0.29, 0.717) is 12.5 Å². The van der Waals surface area contributed by atoms with Crippen LogP contribution in [-0.4, -0.2) is 18.5 Å². The van der Waals surface area contributed by atoms with Crippen molar-refractivity contribution in [1.82, 2.24) is 0 Å². The third-order valence-corrected chi connectivity index (χ3v) is 1.99. The lowest BCUT2D eigenvalue weighted by molar-refractivity contribution is -0.130. The van der Waals surface area contributed by atoms with Gasteiger partial charge in [-0.15, -0.1) is 6.42 Å². The van der Waals surface area contributed by atoms with Crippen molar-refractivity contribution in [3.8, 4) is 12.3 Å². The average molecular weight is 166 g/mol. The highest BCUT2D eigenvalue weighted by molar-refractivity contribution is 5.85. The zero-order valence-electron chi connectivity index (χ0n) is 7.38. The summed E-state index contributed by atoms with van der Waals surface area (Å²) < 4.78 is 5.34. The minimum atomic E-state index is -0.217. The summed E-state index contributed by atoms with van der Waals surface area (Å²) in [5.74, 6) is 2.88. The van der Waals surface area contributed by atoms with Crippen LogP contribution in [0.25, 0.3) is 0 Å². The van der Waals surface area contributed by atoms with Gasteiger partial charge in [-0.05, 0) is 25.7 Å². The smallest absolute Gasteiger partial charge is 0.173 e. The van der Waals surface area contributed by atoms with Crippen LogP contribution in [-0.2, 0) is 9.53 Å². The van der Waals surface area contributed by atoms with E-state index >= 15 is 0 Å². The highest BCUT2D eigenvalue weighted by atomic mass is 16.5. The monoisotopic (exact) mass is 166 g/mol. The molecular formula is C10H14O2. The largest absolute Gasteiger partial charge is 0.370 e. The Morgan fingerprint density at radius 2 is 2.42 bits per heavy atom. The van der Waals surface area contributed by atoms with Gasteiger partial charge in [-0.25, -0.2) is 0 Å². The lowest BCUT2D eigenvalue weighted by Gasteiger charge is -2.12. The molecule has 2 heteroatoms. The number of carbonyl (C=O) groups is 1. The Bertz CT molecular complexity index is 198. The second-order valence-electron chi connectivity index (χ2n) is 3.06. The second-order valence-corrected chi connectivity index (χ2v) is 3.06.